The topological polar surface area (TPSA) is 15.3 Å². The van der Waals surface area contributed by atoms with E-state index in [-0.39, 0.29) is 11.0 Å². The molecule has 5 aromatic carbocycles. The van der Waals surface area contributed by atoms with Crippen molar-refractivity contribution >= 4 is 16.3 Å². The zero-order valence-electron chi connectivity index (χ0n) is 31.3. The van der Waals surface area contributed by atoms with E-state index in [4.69, 9.17) is 0 Å². The number of rotatable bonds is 12. The van der Waals surface area contributed by atoms with Crippen molar-refractivity contribution < 1.29 is 0 Å². The van der Waals surface area contributed by atoms with Crippen LogP contribution in [0.4, 0.5) is 0 Å². The van der Waals surface area contributed by atoms with Gasteiger partial charge in [-0.1, -0.05) is 130 Å². The minimum absolute atomic E-state index is 0.000553. The monoisotopic (exact) mass is 660 g/mol. The Bertz CT molecular complexity index is 1940. The van der Waals surface area contributed by atoms with E-state index < -0.39 is 0 Å². The Kier molecular flexibility index (Phi) is 10.5. The molecular weight excluding hydrogens is 605 g/mol. The number of allylic oxidation sites excluding steroid dienone is 2. The number of fused-ring (bicyclic) bond motifs is 1. The van der Waals surface area contributed by atoms with E-state index in [9.17, 15) is 0 Å². The largest absolute Gasteiger partial charge is 0.375 e. The van der Waals surface area contributed by atoms with Crippen molar-refractivity contribution in [1.82, 2.24) is 10.2 Å². The summed E-state index contributed by atoms with van der Waals surface area (Å²) in [4.78, 5) is 2.56. The van der Waals surface area contributed by atoms with Gasteiger partial charge in [-0.3, -0.25) is 0 Å². The fourth-order valence-electron chi connectivity index (χ4n) is 8.02. The number of likely N-dealkylation sites (tertiary alicyclic amines) is 1. The van der Waals surface area contributed by atoms with Crippen LogP contribution in [0.15, 0.2) is 128 Å². The van der Waals surface area contributed by atoms with Crippen molar-refractivity contribution in [3.8, 4) is 22.3 Å². The minimum Gasteiger partial charge on any atom is -0.375 e. The lowest BCUT2D eigenvalue weighted by atomic mass is 9.76. The third-order valence-electron chi connectivity index (χ3n) is 11.0. The van der Waals surface area contributed by atoms with Gasteiger partial charge in [-0.2, -0.15) is 0 Å². The van der Waals surface area contributed by atoms with Crippen LogP contribution in [0.25, 0.3) is 38.6 Å². The molecule has 1 saturated heterocycles. The Morgan fingerprint density at radius 2 is 1.38 bits per heavy atom. The molecule has 0 aromatic heterocycles. The molecule has 1 aliphatic heterocycles. The Morgan fingerprint density at radius 1 is 0.740 bits per heavy atom. The summed E-state index contributed by atoms with van der Waals surface area (Å²) in [5.41, 5.74) is 12.7. The fraction of sp³-hybridized carbons (Fsp3) is 0.333. The number of hydrogen-bond donors (Lipinski definition) is 1. The highest BCUT2D eigenvalue weighted by Gasteiger charge is 2.34. The molecule has 0 atom stereocenters. The van der Waals surface area contributed by atoms with Crippen LogP contribution in [0.5, 0.6) is 0 Å². The number of piperidine rings is 1. The lowest BCUT2D eigenvalue weighted by molar-refractivity contribution is 0.172. The molecule has 1 N–H and O–H groups in total. The minimum atomic E-state index is 0.000553. The normalized spacial score (nSPS) is 14.2. The van der Waals surface area contributed by atoms with Gasteiger partial charge in [0.05, 0.1) is 0 Å². The number of benzene rings is 5. The van der Waals surface area contributed by atoms with E-state index in [0.717, 1.165) is 50.9 Å². The first kappa shape index (κ1) is 35.4. The molecule has 0 saturated carbocycles. The first-order chi connectivity index (χ1) is 23.9. The second-order valence-electron chi connectivity index (χ2n) is 15.9. The summed E-state index contributed by atoms with van der Waals surface area (Å²) < 4.78 is 0. The maximum atomic E-state index is 4.66. The summed E-state index contributed by atoms with van der Waals surface area (Å²) in [6, 6.07) is 40.6. The third-order valence-corrected chi connectivity index (χ3v) is 11.0. The van der Waals surface area contributed by atoms with Gasteiger partial charge in [0.1, 0.15) is 0 Å². The molecule has 1 aliphatic rings. The first-order valence-electron chi connectivity index (χ1n) is 18.6. The van der Waals surface area contributed by atoms with Crippen molar-refractivity contribution in [2.24, 2.45) is 5.41 Å². The first-order valence-corrected chi connectivity index (χ1v) is 18.6. The summed E-state index contributed by atoms with van der Waals surface area (Å²) in [7, 11) is 0. The zero-order chi connectivity index (χ0) is 35.5. The SMILES string of the molecule is C=C(C)c1cc(-c2ccc(C3CCN(C(=C)C(C)(C)CC(C)(C)NCc4ccccc4)CC3)cc2)c2ccc(-c3ccc(CC)cc3)cc2c1. The Hall–Kier alpha value is -4.40. The Morgan fingerprint density at radius 3 is 2.02 bits per heavy atom. The van der Waals surface area contributed by atoms with Crippen molar-refractivity contribution in [2.45, 2.75) is 85.2 Å². The van der Waals surface area contributed by atoms with E-state index in [1.807, 2.05) is 0 Å². The average molecular weight is 661 g/mol. The van der Waals surface area contributed by atoms with Crippen LogP contribution in [0.1, 0.15) is 89.0 Å². The predicted molar refractivity (Wildman–Crippen MR) is 217 cm³/mol. The van der Waals surface area contributed by atoms with Gasteiger partial charge < -0.3 is 10.2 Å². The van der Waals surface area contributed by atoms with E-state index in [1.54, 1.807) is 0 Å². The molecule has 258 valence electrons. The van der Waals surface area contributed by atoms with Crippen LogP contribution in [0.2, 0.25) is 0 Å². The van der Waals surface area contributed by atoms with Crippen LogP contribution in [0.3, 0.4) is 0 Å². The highest BCUT2D eigenvalue weighted by Crippen LogP contribution is 2.40. The molecule has 0 spiro atoms. The summed E-state index contributed by atoms with van der Waals surface area (Å²) in [6.07, 6.45) is 4.39. The quantitative estimate of drug-likeness (QED) is 0.143. The van der Waals surface area contributed by atoms with Crippen molar-refractivity contribution in [3.63, 3.8) is 0 Å². The number of nitrogens with zero attached hydrogens (tertiary/aromatic N) is 1. The fourth-order valence-corrected chi connectivity index (χ4v) is 8.02. The Labute approximate surface area is 302 Å². The van der Waals surface area contributed by atoms with Crippen LogP contribution < -0.4 is 5.32 Å². The van der Waals surface area contributed by atoms with Crippen molar-refractivity contribution in [1.29, 1.82) is 0 Å². The highest BCUT2D eigenvalue weighted by molar-refractivity contribution is 6.00. The van der Waals surface area contributed by atoms with Gasteiger partial charge in [0.25, 0.3) is 0 Å². The molecule has 50 heavy (non-hydrogen) atoms. The summed E-state index contributed by atoms with van der Waals surface area (Å²) >= 11 is 0. The second kappa shape index (κ2) is 14.8. The van der Waals surface area contributed by atoms with Crippen LogP contribution in [0, 0.1) is 5.41 Å². The number of aryl methyl sites for hydroxylation is 1. The highest BCUT2D eigenvalue weighted by atomic mass is 15.1. The van der Waals surface area contributed by atoms with Gasteiger partial charge >= 0.3 is 0 Å². The maximum absolute atomic E-state index is 4.66. The standard InChI is InChI=1S/C48H56N2/c1-9-36-15-17-39(18-16-36)42-23-24-45-44(29-42)30-43(34(2)3)31-46(45)41-21-19-38(20-22-41)40-25-27-50(28-26-40)35(4)47(5,6)33-48(7,8)49-32-37-13-11-10-12-14-37/h10-24,29-31,40,49H,2,4,9,25-28,32-33H2,1,3,5-8H3. The average Bonchev–Trinajstić information content (AvgIpc) is 3.13. The van der Waals surface area contributed by atoms with E-state index in [1.165, 1.54) is 61.0 Å². The number of nitrogens with one attached hydrogen (secondary N) is 1. The molecule has 5 aromatic rings. The van der Waals surface area contributed by atoms with Gasteiger partial charge in [-0.05, 0) is 126 Å². The molecule has 0 aliphatic carbocycles. The molecule has 0 amide bonds. The second-order valence-corrected chi connectivity index (χ2v) is 15.9. The van der Waals surface area contributed by atoms with E-state index in [0.29, 0.717) is 5.92 Å². The van der Waals surface area contributed by atoms with E-state index in [2.05, 4.69) is 174 Å². The Balaban J connectivity index is 1.12. The number of hydrogen-bond acceptors (Lipinski definition) is 2. The lowest BCUT2D eigenvalue weighted by Gasteiger charge is -2.44. The van der Waals surface area contributed by atoms with Crippen molar-refractivity contribution in [3.05, 3.63) is 150 Å². The molecule has 0 bridgehead atoms. The predicted octanol–water partition coefficient (Wildman–Crippen LogP) is 12.4. The molecule has 0 unspecified atom stereocenters. The van der Waals surface area contributed by atoms with Crippen LogP contribution >= 0.6 is 0 Å². The summed E-state index contributed by atoms with van der Waals surface area (Å²) in [6.45, 7) is 25.6. The summed E-state index contributed by atoms with van der Waals surface area (Å²) in [5, 5.41) is 6.34. The lowest BCUT2D eigenvalue weighted by Crippen LogP contribution is -2.45. The molecule has 1 fully saturated rings. The molecule has 1 heterocycles. The van der Waals surface area contributed by atoms with Gasteiger partial charge in [-0.25, -0.2) is 0 Å². The molecule has 2 heteroatoms. The third kappa shape index (κ3) is 8.14. The van der Waals surface area contributed by atoms with Crippen LogP contribution in [-0.2, 0) is 13.0 Å². The summed E-state index contributed by atoms with van der Waals surface area (Å²) in [5.74, 6) is 0.570. The molecule has 0 radical (unpaired) electrons. The van der Waals surface area contributed by atoms with Crippen molar-refractivity contribution in [2.75, 3.05) is 13.1 Å². The zero-order valence-corrected chi connectivity index (χ0v) is 31.3. The smallest absolute Gasteiger partial charge is 0.0210 e. The van der Waals surface area contributed by atoms with Gasteiger partial charge in [0, 0.05) is 36.3 Å². The van der Waals surface area contributed by atoms with Crippen LogP contribution in [-0.4, -0.2) is 23.5 Å². The molecular formula is C48H56N2. The van der Waals surface area contributed by atoms with Gasteiger partial charge in [0.15, 0.2) is 0 Å². The van der Waals surface area contributed by atoms with Gasteiger partial charge in [0.2, 0.25) is 0 Å². The van der Waals surface area contributed by atoms with E-state index >= 15 is 0 Å². The maximum Gasteiger partial charge on any atom is 0.0210 e. The van der Waals surface area contributed by atoms with Gasteiger partial charge in [-0.15, -0.1) is 0 Å². The molecule has 2 nitrogen and oxygen atoms in total. The molecule has 6 rings (SSSR count).